The van der Waals surface area contributed by atoms with Gasteiger partial charge in [-0.3, -0.25) is 9.74 Å². The van der Waals surface area contributed by atoms with E-state index in [4.69, 9.17) is 28.5 Å². The number of carbonyl (C=O) groups excluding carboxylic acids is 1. The summed E-state index contributed by atoms with van der Waals surface area (Å²) in [5.41, 5.74) is 0.850. The number of ether oxygens (including phenoxy) is 5. The number of aliphatic hydroxyl groups is 1. The Bertz CT molecular complexity index is 1420. The Hall–Kier alpha value is -2.82. The van der Waals surface area contributed by atoms with Crippen molar-refractivity contribution < 1.29 is 46.8 Å². The first-order valence-corrected chi connectivity index (χ1v) is 18.4. The molecule has 2 N–H and O–H groups in total. The average Bonchev–Trinajstić information content (AvgIpc) is 3.86. The summed E-state index contributed by atoms with van der Waals surface area (Å²) in [6, 6.07) is 14.8. The van der Waals surface area contributed by atoms with Crippen molar-refractivity contribution in [3.63, 3.8) is 0 Å². The number of nitrogens with zero attached hydrogens (tertiary/aromatic N) is 2. The van der Waals surface area contributed by atoms with Crippen LogP contribution >= 0.6 is 0 Å². The third kappa shape index (κ3) is 9.24. The summed E-state index contributed by atoms with van der Waals surface area (Å²) in [6.45, 7) is 4.49. The molecule has 1 amide bonds. The number of alkyl carbamates (subject to hydrolysis) is 1. The largest absolute Gasteiger partial charge is 0.492 e. The molecule has 2 aromatic carbocycles. The molecule has 4 aliphatic rings. The van der Waals surface area contributed by atoms with Gasteiger partial charge in [-0.1, -0.05) is 53.7 Å². The summed E-state index contributed by atoms with van der Waals surface area (Å²) < 4.78 is 57.4. The molecule has 264 valence electrons. The maximum atomic E-state index is 14.1. The number of benzene rings is 2. The van der Waals surface area contributed by atoms with E-state index < -0.39 is 40.9 Å². The summed E-state index contributed by atoms with van der Waals surface area (Å²) in [5, 5.41) is 14.4. The van der Waals surface area contributed by atoms with Crippen molar-refractivity contribution in [2.75, 3.05) is 59.2 Å². The zero-order valence-electron chi connectivity index (χ0n) is 27.2. The number of nitrogens with one attached hydrogen (secondary N) is 1. The summed E-state index contributed by atoms with van der Waals surface area (Å²) >= 11 is 0. The molecule has 14 heteroatoms. The first-order valence-electron chi connectivity index (χ1n) is 17.0. The van der Waals surface area contributed by atoms with E-state index in [9.17, 15) is 18.3 Å². The van der Waals surface area contributed by atoms with Crippen LogP contribution in [0.5, 0.6) is 5.75 Å². The molecule has 1 aliphatic carbocycles. The zero-order chi connectivity index (χ0) is 33.3. The van der Waals surface area contributed by atoms with Crippen LogP contribution in [-0.2, 0) is 40.2 Å². The molecule has 0 spiro atoms. The van der Waals surface area contributed by atoms with E-state index in [1.807, 2.05) is 30.3 Å². The fourth-order valence-corrected chi connectivity index (χ4v) is 7.95. The van der Waals surface area contributed by atoms with Gasteiger partial charge in [0.2, 0.25) is 0 Å². The SMILES string of the molecule is O=C(N[C@@H](Cc1ccccc1)[C@H](O)CN(OC1CCCC1)S(=O)(=O)c1cccc(OCCN2CCOCC2)c1)O[C@H]1CO[C@H]2OCC[C@H]21. The van der Waals surface area contributed by atoms with Gasteiger partial charge in [0.1, 0.15) is 18.5 Å². The van der Waals surface area contributed by atoms with Crippen LogP contribution in [0.25, 0.3) is 0 Å². The van der Waals surface area contributed by atoms with Crippen LogP contribution < -0.4 is 10.1 Å². The van der Waals surface area contributed by atoms with Crippen molar-refractivity contribution in [1.82, 2.24) is 14.7 Å². The first kappa shape index (κ1) is 35.0. The second kappa shape index (κ2) is 16.7. The monoisotopic (exact) mass is 689 g/mol. The van der Waals surface area contributed by atoms with Gasteiger partial charge >= 0.3 is 6.09 Å². The highest BCUT2D eigenvalue weighted by Gasteiger charge is 2.44. The maximum absolute atomic E-state index is 14.1. The van der Waals surface area contributed by atoms with Crippen molar-refractivity contribution in [1.29, 1.82) is 0 Å². The summed E-state index contributed by atoms with van der Waals surface area (Å²) in [7, 11) is -4.25. The lowest BCUT2D eigenvalue weighted by Gasteiger charge is -2.31. The molecule has 6 rings (SSSR count). The van der Waals surface area contributed by atoms with Crippen molar-refractivity contribution in [2.24, 2.45) is 5.92 Å². The van der Waals surface area contributed by atoms with E-state index in [1.54, 1.807) is 12.1 Å². The van der Waals surface area contributed by atoms with E-state index >= 15 is 0 Å². The van der Waals surface area contributed by atoms with Crippen LogP contribution in [0.4, 0.5) is 4.79 Å². The molecule has 3 aliphatic heterocycles. The average molecular weight is 690 g/mol. The number of sulfonamides is 1. The molecule has 0 bridgehead atoms. The number of fused-ring (bicyclic) bond motifs is 1. The van der Waals surface area contributed by atoms with Gasteiger partial charge in [-0.05, 0) is 43.4 Å². The predicted octanol–water partition coefficient (Wildman–Crippen LogP) is 2.72. The molecular formula is C34H47N3O10S. The standard InChI is InChI=1S/C34H47N3O10S/c38-31(30(21-25-7-2-1-3-8-25)35-34(39)46-32-24-45-33-29(32)13-17-44-33)23-37(47-26-9-4-5-10-26)48(40,41)28-12-6-11-27(22-28)43-20-16-36-14-18-42-19-15-36/h1-3,6-8,11-12,22,26,29-33,38H,4-5,9-10,13-21,23-24H2,(H,35,39)/t29-,30-,31+,32-,33+/m0/s1. The lowest BCUT2D eigenvalue weighted by atomic mass is 10.0. The van der Waals surface area contributed by atoms with Gasteiger partial charge in [0, 0.05) is 25.7 Å². The second-order valence-electron chi connectivity index (χ2n) is 12.8. The highest BCUT2D eigenvalue weighted by Crippen LogP contribution is 2.33. The molecule has 4 fully saturated rings. The Morgan fingerprint density at radius 1 is 1.02 bits per heavy atom. The zero-order valence-corrected chi connectivity index (χ0v) is 28.0. The van der Waals surface area contributed by atoms with Gasteiger partial charge in [-0.25, -0.2) is 13.2 Å². The van der Waals surface area contributed by atoms with Gasteiger partial charge in [0.05, 0.1) is 62.0 Å². The fraction of sp³-hybridized carbons (Fsp3) is 0.618. The lowest BCUT2D eigenvalue weighted by Crippen LogP contribution is -2.51. The molecule has 1 saturated carbocycles. The normalized spacial score (nSPS) is 24.8. The van der Waals surface area contributed by atoms with E-state index in [2.05, 4.69) is 10.2 Å². The van der Waals surface area contributed by atoms with Gasteiger partial charge in [-0.2, -0.15) is 0 Å². The minimum atomic E-state index is -4.25. The highest BCUT2D eigenvalue weighted by molar-refractivity contribution is 7.89. The number of amides is 1. The smallest absolute Gasteiger partial charge is 0.407 e. The molecule has 0 unspecified atom stereocenters. The predicted molar refractivity (Wildman–Crippen MR) is 174 cm³/mol. The molecule has 3 saturated heterocycles. The summed E-state index contributed by atoms with van der Waals surface area (Å²) in [5.74, 6) is 0.371. The summed E-state index contributed by atoms with van der Waals surface area (Å²) in [4.78, 5) is 21.5. The molecule has 3 heterocycles. The van der Waals surface area contributed by atoms with E-state index in [-0.39, 0.29) is 36.2 Å². The number of hydroxylamine groups is 1. The highest BCUT2D eigenvalue weighted by atomic mass is 32.2. The van der Waals surface area contributed by atoms with Crippen LogP contribution in [-0.4, -0.2) is 119 Å². The van der Waals surface area contributed by atoms with E-state index in [0.29, 0.717) is 51.6 Å². The number of hydrogen-bond donors (Lipinski definition) is 2. The second-order valence-corrected chi connectivity index (χ2v) is 14.6. The minimum absolute atomic E-state index is 0.0156. The molecule has 0 radical (unpaired) electrons. The summed E-state index contributed by atoms with van der Waals surface area (Å²) in [6.07, 6.45) is 1.00. The van der Waals surface area contributed by atoms with Gasteiger partial charge in [0.15, 0.2) is 6.29 Å². The van der Waals surface area contributed by atoms with Crippen molar-refractivity contribution in [3.8, 4) is 5.75 Å². The maximum Gasteiger partial charge on any atom is 0.407 e. The Kier molecular flexibility index (Phi) is 12.2. The molecule has 0 aromatic heterocycles. The molecule has 13 nitrogen and oxygen atoms in total. The molecule has 48 heavy (non-hydrogen) atoms. The Labute approximate surface area is 282 Å². The topological polar surface area (TPSA) is 145 Å². The Balaban J connectivity index is 1.16. The van der Waals surface area contributed by atoms with Crippen LogP contribution in [0.3, 0.4) is 0 Å². The number of aliphatic hydroxyl groups excluding tert-OH is 1. The van der Waals surface area contributed by atoms with Crippen LogP contribution in [0.15, 0.2) is 59.5 Å². The lowest BCUT2D eigenvalue weighted by molar-refractivity contribution is -0.145. The third-order valence-corrected chi connectivity index (χ3v) is 11.0. The van der Waals surface area contributed by atoms with Crippen molar-refractivity contribution in [2.45, 2.75) is 74.1 Å². The quantitative estimate of drug-likeness (QED) is 0.266. The molecular weight excluding hydrogens is 642 g/mol. The van der Waals surface area contributed by atoms with Crippen molar-refractivity contribution in [3.05, 3.63) is 60.2 Å². The van der Waals surface area contributed by atoms with Crippen LogP contribution in [0, 0.1) is 5.92 Å². The fourth-order valence-electron chi connectivity index (χ4n) is 6.62. The number of hydrogen-bond acceptors (Lipinski definition) is 11. The van der Waals surface area contributed by atoms with Gasteiger partial charge in [-0.15, -0.1) is 0 Å². The molecule has 2 aromatic rings. The van der Waals surface area contributed by atoms with Gasteiger partial charge < -0.3 is 34.1 Å². The van der Waals surface area contributed by atoms with Crippen molar-refractivity contribution >= 4 is 16.1 Å². The first-order chi connectivity index (χ1) is 23.3. The number of morpholine rings is 1. The van der Waals surface area contributed by atoms with Crippen LogP contribution in [0.1, 0.15) is 37.7 Å². The van der Waals surface area contributed by atoms with Gasteiger partial charge in [0.25, 0.3) is 10.0 Å². The van der Waals surface area contributed by atoms with E-state index in [1.165, 1.54) is 12.1 Å². The Morgan fingerprint density at radius 2 is 1.81 bits per heavy atom. The van der Waals surface area contributed by atoms with Crippen LogP contribution in [0.2, 0.25) is 0 Å². The Morgan fingerprint density at radius 3 is 2.60 bits per heavy atom. The molecule has 5 atom stereocenters. The number of rotatable bonds is 15. The number of carbonyl (C=O) groups is 1. The minimum Gasteiger partial charge on any atom is -0.492 e. The third-order valence-electron chi connectivity index (χ3n) is 9.37. The van der Waals surface area contributed by atoms with E-state index in [0.717, 1.165) is 42.4 Å².